The van der Waals surface area contributed by atoms with E-state index < -0.39 is 0 Å². The highest BCUT2D eigenvalue weighted by atomic mass is 16.5. The Morgan fingerprint density at radius 2 is 1.85 bits per heavy atom. The standard InChI is InChI=1S/C22H21N3O2/c1-27-18-9-7-15(8-10-18)13-23-22-24-14-19-20(25-22)11-17(12-21(19)26)16-5-3-2-4-6-16/h2-10,14,17H,11-13H2,1H3,(H,23,24,25)/t17-/m1/s1. The first-order valence-electron chi connectivity index (χ1n) is 9.04. The van der Waals surface area contributed by atoms with Gasteiger partial charge in [-0.15, -0.1) is 0 Å². The Labute approximate surface area is 158 Å². The second kappa shape index (κ2) is 7.58. The molecule has 0 amide bonds. The van der Waals surface area contributed by atoms with Gasteiger partial charge in [0.05, 0.1) is 18.4 Å². The number of methoxy groups -OCH3 is 1. The van der Waals surface area contributed by atoms with Gasteiger partial charge in [0, 0.05) is 19.2 Å². The van der Waals surface area contributed by atoms with Crippen LogP contribution in [0, 0.1) is 0 Å². The molecule has 0 aliphatic heterocycles. The van der Waals surface area contributed by atoms with Crippen molar-refractivity contribution in [2.24, 2.45) is 0 Å². The summed E-state index contributed by atoms with van der Waals surface area (Å²) in [6, 6.07) is 18.0. The first-order chi connectivity index (χ1) is 13.2. The SMILES string of the molecule is COc1ccc(CNc2ncc3c(n2)C[C@@H](c2ccccc2)CC3=O)cc1. The number of aromatic nitrogens is 2. The molecular formula is C22H21N3O2. The summed E-state index contributed by atoms with van der Waals surface area (Å²) in [5, 5.41) is 3.24. The second-order valence-electron chi connectivity index (χ2n) is 6.69. The van der Waals surface area contributed by atoms with E-state index in [1.54, 1.807) is 13.3 Å². The van der Waals surface area contributed by atoms with Crippen LogP contribution in [0.3, 0.4) is 0 Å². The third-order valence-corrected chi connectivity index (χ3v) is 4.92. The molecule has 0 radical (unpaired) electrons. The number of hydrogen-bond acceptors (Lipinski definition) is 5. The van der Waals surface area contributed by atoms with Crippen LogP contribution in [0.1, 0.15) is 39.5 Å². The molecule has 3 aromatic rings. The molecule has 27 heavy (non-hydrogen) atoms. The third kappa shape index (κ3) is 3.82. The summed E-state index contributed by atoms with van der Waals surface area (Å²) in [6.07, 6.45) is 2.92. The Kier molecular flexibility index (Phi) is 4.83. The zero-order chi connectivity index (χ0) is 18.6. The molecule has 2 aromatic carbocycles. The van der Waals surface area contributed by atoms with Crippen LogP contribution in [0.25, 0.3) is 0 Å². The second-order valence-corrected chi connectivity index (χ2v) is 6.69. The van der Waals surface area contributed by atoms with E-state index in [1.807, 2.05) is 42.5 Å². The molecule has 0 unspecified atom stereocenters. The molecule has 1 atom stereocenters. The fourth-order valence-corrected chi connectivity index (χ4v) is 3.42. The van der Waals surface area contributed by atoms with Crippen molar-refractivity contribution in [1.82, 2.24) is 9.97 Å². The molecule has 5 nitrogen and oxygen atoms in total. The molecule has 1 N–H and O–H groups in total. The Bertz CT molecular complexity index is 940. The summed E-state index contributed by atoms with van der Waals surface area (Å²) < 4.78 is 5.17. The molecule has 0 spiro atoms. The highest BCUT2D eigenvalue weighted by molar-refractivity contribution is 5.98. The number of rotatable bonds is 5. The topological polar surface area (TPSA) is 64.1 Å². The number of anilines is 1. The molecule has 0 saturated carbocycles. The van der Waals surface area contributed by atoms with Gasteiger partial charge in [-0.25, -0.2) is 9.97 Å². The minimum atomic E-state index is 0.117. The number of fused-ring (bicyclic) bond motifs is 1. The zero-order valence-corrected chi connectivity index (χ0v) is 15.2. The van der Waals surface area contributed by atoms with Crippen molar-refractivity contribution in [2.75, 3.05) is 12.4 Å². The van der Waals surface area contributed by atoms with Crippen molar-refractivity contribution in [3.05, 3.63) is 83.2 Å². The van der Waals surface area contributed by atoms with E-state index in [-0.39, 0.29) is 11.7 Å². The molecule has 0 fully saturated rings. The van der Waals surface area contributed by atoms with Gasteiger partial charge in [-0.3, -0.25) is 4.79 Å². The van der Waals surface area contributed by atoms with E-state index in [9.17, 15) is 4.79 Å². The van der Waals surface area contributed by atoms with Gasteiger partial charge in [-0.2, -0.15) is 0 Å². The van der Waals surface area contributed by atoms with Crippen LogP contribution in [-0.4, -0.2) is 22.9 Å². The lowest BCUT2D eigenvalue weighted by atomic mass is 9.82. The van der Waals surface area contributed by atoms with E-state index >= 15 is 0 Å². The van der Waals surface area contributed by atoms with Crippen molar-refractivity contribution in [1.29, 1.82) is 0 Å². The van der Waals surface area contributed by atoms with Gasteiger partial charge in [0.15, 0.2) is 5.78 Å². The Hall–Kier alpha value is -3.21. The minimum Gasteiger partial charge on any atom is -0.497 e. The van der Waals surface area contributed by atoms with Crippen molar-refractivity contribution in [3.63, 3.8) is 0 Å². The van der Waals surface area contributed by atoms with Gasteiger partial charge in [0.1, 0.15) is 5.75 Å². The van der Waals surface area contributed by atoms with Crippen molar-refractivity contribution >= 4 is 11.7 Å². The number of hydrogen-bond donors (Lipinski definition) is 1. The van der Waals surface area contributed by atoms with Gasteiger partial charge in [-0.1, -0.05) is 42.5 Å². The molecule has 5 heteroatoms. The number of carbonyl (C=O) groups excluding carboxylic acids is 1. The molecule has 1 aromatic heterocycles. The number of ether oxygens (including phenoxy) is 1. The molecule has 0 saturated heterocycles. The summed E-state index contributed by atoms with van der Waals surface area (Å²) in [5.74, 6) is 1.67. The smallest absolute Gasteiger partial charge is 0.223 e. The minimum absolute atomic E-state index is 0.117. The van der Waals surface area contributed by atoms with E-state index in [0.717, 1.165) is 23.4 Å². The monoisotopic (exact) mass is 359 g/mol. The predicted molar refractivity (Wildman–Crippen MR) is 104 cm³/mol. The van der Waals surface area contributed by atoms with Crippen LogP contribution in [0.2, 0.25) is 0 Å². The number of ketones is 1. The molecule has 1 heterocycles. The normalized spacial score (nSPS) is 15.9. The lowest BCUT2D eigenvalue weighted by molar-refractivity contribution is 0.0962. The van der Waals surface area contributed by atoms with Gasteiger partial charge in [0.2, 0.25) is 5.95 Å². The lowest BCUT2D eigenvalue weighted by Gasteiger charge is -2.23. The third-order valence-electron chi connectivity index (χ3n) is 4.92. The number of Topliss-reactive ketones (excluding diaryl/α,β-unsaturated/α-hetero) is 1. The molecule has 136 valence electrons. The first kappa shape index (κ1) is 17.2. The van der Waals surface area contributed by atoms with Crippen LogP contribution in [0.4, 0.5) is 5.95 Å². The van der Waals surface area contributed by atoms with Crippen LogP contribution in [-0.2, 0) is 13.0 Å². The maximum absolute atomic E-state index is 12.5. The van der Waals surface area contributed by atoms with Gasteiger partial charge < -0.3 is 10.1 Å². The van der Waals surface area contributed by atoms with E-state index in [1.165, 1.54) is 5.56 Å². The van der Waals surface area contributed by atoms with E-state index in [4.69, 9.17) is 4.74 Å². The summed E-state index contributed by atoms with van der Waals surface area (Å²) >= 11 is 0. The quantitative estimate of drug-likeness (QED) is 0.746. The molecule has 1 aliphatic carbocycles. The van der Waals surface area contributed by atoms with Gasteiger partial charge in [0.25, 0.3) is 0 Å². The van der Waals surface area contributed by atoms with Crippen LogP contribution < -0.4 is 10.1 Å². The van der Waals surface area contributed by atoms with E-state index in [2.05, 4.69) is 27.4 Å². The number of nitrogens with one attached hydrogen (secondary N) is 1. The molecular weight excluding hydrogens is 338 g/mol. The first-order valence-corrected chi connectivity index (χ1v) is 9.04. The number of nitrogens with zero attached hydrogens (tertiary/aromatic N) is 2. The summed E-state index contributed by atoms with van der Waals surface area (Å²) in [6.45, 7) is 0.610. The largest absolute Gasteiger partial charge is 0.497 e. The number of carbonyl (C=O) groups is 1. The van der Waals surface area contributed by atoms with Crippen LogP contribution in [0.15, 0.2) is 60.8 Å². The Morgan fingerprint density at radius 3 is 2.59 bits per heavy atom. The number of benzene rings is 2. The average molecular weight is 359 g/mol. The van der Waals surface area contributed by atoms with Gasteiger partial charge in [-0.05, 0) is 35.6 Å². The average Bonchev–Trinajstić information content (AvgIpc) is 2.73. The predicted octanol–water partition coefficient (Wildman–Crippen LogP) is 4.01. The lowest BCUT2D eigenvalue weighted by Crippen LogP contribution is -2.21. The fraction of sp³-hybridized carbons (Fsp3) is 0.227. The molecule has 1 aliphatic rings. The fourth-order valence-electron chi connectivity index (χ4n) is 3.42. The summed E-state index contributed by atoms with van der Waals surface area (Å²) in [5.41, 5.74) is 3.77. The van der Waals surface area contributed by atoms with Crippen LogP contribution >= 0.6 is 0 Å². The Balaban J connectivity index is 1.49. The van der Waals surface area contributed by atoms with Crippen molar-refractivity contribution < 1.29 is 9.53 Å². The maximum atomic E-state index is 12.5. The summed E-state index contributed by atoms with van der Waals surface area (Å²) in [4.78, 5) is 21.4. The highest BCUT2D eigenvalue weighted by Gasteiger charge is 2.27. The zero-order valence-electron chi connectivity index (χ0n) is 15.2. The van der Waals surface area contributed by atoms with Gasteiger partial charge >= 0.3 is 0 Å². The van der Waals surface area contributed by atoms with E-state index in [0.29, 0.717) is 24.5 Å². The van der Waals surface area contributed by atoms with Crippen LogP contribution in [0.5, 0.6) is 5.75 Å². The maximum Gasteiger partial charge on any atom is 0.223 e. The molecule has 0 bridgehead atoms. The van der Waals surface area contributed by atoms with Crippen molar-refractivity contribution in [3.8, 4) is 5.75 Å². The Morgan fingerprint density at radius 1 is 1.07 bits per heavy atom. The summed E-state index contributed by atoms with van der Waals surface area (Å²) in [7, 11) is 1.65. The van der Waals surface area contributed by atoms with Crippen molar-refractivity contribution in [2.45, 2.75) is 25.3 Å². The highest BCUT2D eigenvalue weighted by Crippen LogP contribution is 2.31. The molecule has 4 rings (SSSR count).